The fourth-order valence-electron chi connectivity index (χ4n) is 1.000. The van der Waals surface area contributed by atoms with Crippen molar-refractivity contribution in [1.29, 1.82) is 0 Å². The van der Waals surface area contributed by atoms with Crippen molar-refractivity contribution in [2.45, 2.75) is 12.5 Å². The number of halogens is 1. The largest absolute Gasteiger partial charge is 0.490 e. The minimum absolute atomic E-state index is 0.147. The van der Waals surface area contributed by atoms with Crippen molar-refractivity contribution in [3.05, 3.63) is 30.1 Å². The van der Waals surface area contributed by atoms with Gasteiger partial charge in [-0.3, -0.25) is 4.79 Å². The molecule has 0 spiro atoms. The molecule has 1 aromatic rings. The molecule has 1 atom stereocenters. The number of carbonyl (C=O) groups is 1. The average molecular weight is 212 g/mol. The lowest BCUT2D eigenvalue weighted by molar-refractivity contribution is -0.119. The molecule has 1 aromatic carbocycles. The van der Waals surface area contributed by atoms with Crippen molar-refractivity contribution < 1.29 is 13.9 Å². The average Bonchev–Trinajstić information content (AvgIpc) is 2.20. The van der Waals surface area contributed by atoms with Crippen LogP contribution in [0.3, 0.4) is 0 Å². The Labute approximate surface area is 87.0 Å². The summed E-state index contributed by atoms with van der Waals surface area (Å²) in [5.74, 6) is -0.883. The lowest BCUT2D eigenvalue weighted by Crippen LogP contribution is -2.37. The third-order valence-electron chi connectivity index (χ3n) is 1.89. The zero-order valence-electron chi connectivity index (χ0n) is 8.15. The van der Waals surface area contributed by atoms with E-state index < -0.39 is 17.8 Å². The third-order valence-corrected chi connectivity index (χ3v) is 1.89. The fraction of sp³-hybridized carbons (Fsp3) is 0.300. The van der Waals surface area contributed by atoms with Gasteiger partial charge in [0.15, 0.2) is 11.6 Å². The number of nitrogens with two attached hydrogens (primary N) is 2. The fourth-order valence-corrected chi connectivity index (χ4v) is 1.000. The molecule has 0 radical (unpaired) electrons. The van der Waals surface area contributed by atoms with Gasteiger partial charge in [0.25, 0.3) is 0 Å². The van der Waals surface area contributed by atoms with Crippen LogP contribution in [-0.4, -0.2) is 18.6 Å². The van der Waals surface area contributed by atoms with Crippen molar-refractivity contribution in [3.63, 3.8) is 0 Å². The number of rotatable bonds is 5. The van der Waals surface area contributed by atoms with Crippen LogP contribution in [0.5, 0.6) is 5.75 Å². The molecule has 0 unspecified atom stereocenters. The first kappa shape index (κ1) is 11.5. The molecule has 15 heavy (non-hydrogen) atoms. The maximum absolute atomic E-state index is 13.0. The second kappa shape index (κ2) is 5.31. The summed E-state index contributed by atoms with van der Waals surface area (Å²) in [4.78, 5) is 10.6. The van der Waals surface area contributed by atoms with Gasteiger partial charge in [0.1, 0.15) is 0 Å². The van der Waals surface area contributed by atoms with Crippen LogP contribution < -0.4 is 16.2 Å². The van der Waals surface area contributed by atoms with Gasteiger partial charge < -0.3 is 16.2 Å². The summed E-state index contributed by atoms with van der Waals surface area (Å²) in [6, 6.07) is 5.27. The van der Waals surface area contributed by atoms with E-state index in [4.69, 9.17) is 16.2 Å². The maximum atomic E-state index is 13.0. The molecule has 0 saturated carbocycles. The Balaban J connectivity index is 2.38. The van der Waals surface area contributed by atoms with E-state index in [1.54, 1.807) is 12.1 Å². The predicted molar refractivity (Wildman–Crippen MR) is 53.7 cm³/mol. The Hall–Kier alpha value is -1.62. The summed E-state index contributed by atoms with van der Waals surface area (Å²) in [6.45, 7) is 0.158. The second-order valence-electron chi connectivity index (χ2n) is 3.08. The first-order chi connectivity index (χ1) is 7.11. The van der Waals surface area contributed by atoms with Gasteiger partial charge in [-0.15, -0.1) is 0 Å². The van der Waals surface area contributed by atoms with Crippen LogP contribution in [0.4, 0.5) is 4.39 Å². The summed E-state index contributed by atoms with van der Waals surface area (Å²) >= 11 is 0. The van der Waals surface area contributed by atoms with Gasteiger partial charge in [-0.25, -0.2) is 4.39 Å². The van der Waals surface area contributed by atoms with Crippen LogP contribution in [0.1, 0.15) is 6.42 Å². The van der Waals surface area contributed by atoms with Gasteiger partial charge >= 0.3 is 0 Å². The maximum Gasteiger partial charge on any atom is 0.234 e. The number of hydrogen-bond acceptors (Lipinski definition) is 3. The van der Waals surface area contributed by atoms with Gasteiger partial charge in [0.05, 0.1) is 12.6 Å². The molecule has 5 heteroatoms. The minimum Gasteiger partial charge on any atom is -0.490 e. The number of amides is 1. The van der Waals surface area contributed by atoms with E-state index in [-0.39, 0.29) is 18.8 Å². The zero-order valence-corrected chi connectivity index (χ0v) is 8.15. The second-order valence-corrected chi connectivity index (χ2v) is 3.08. The van der Waals surface area contributed by atoms with Crippen molar-refractivity contribution in [1.82, 2.24) is 0 Å². The standard InChI is InChI=1S/C10H13FN2O2/c11-7-3-1-2-4-9(7)15-6-5-8(12)10(13)14/h1-4,8H,5-6,12H2,(H2,13,14)/t8-/m0/s1. The first-order valence-electron chi connectivity index (χ1n) is 4.53. The number of benzene rings is 1. The van der Waals surface area contributed by atoms with Gasteiger partial charge in [0, 0.05) is 6.42 Å². The van der Waals surface area contributed by atoms with E-state index in [1.807, 2.05) is 0 Å². The summed E-state index contributed by atoms with van der Waals surface area (Å²) in [7, 11) is 0. The highest BCUT2D eigenvalue weighted by molar-refractivity contribution is 5.79. The van der Waals surface area contributed by atoms with E-state index in [0.717, 1.165) is 0 Å². The molecule has 82 valence electrons. The SMILES string of the molecule is NC(=O)[C@@H](N)CCOc1ccccc1F. The van der Waals surface area contributed by atoms with Crippen LogP contribution in [0.15, 0.2) is 24.3 Å². The lowest BCUT2D eigenvalue weighted by atomic mass is 10.2. The lowest BCUT2D eigenvalue weighted by Gasteiger charge is -2.09. The van der Waals surface area contributed by atoms with E-state index in [2.05, 4.69) is 0 Å². The molecule has 0 aromatic heterocycles. The molecule has 0 saturated heterocycles. The van der Waals surface area contributed by atoms with E-state index in [9.17, 15) is 9.18 Å². The molecule has 0 bridgehead atoms. The third kappa shape index (κ3) is 3.55. The first-order valence-corrected chi connectivity index (χ1v) is 4.53. The van der Waals surface area contributed by atoms with Crippen molar-refractivity contribution in [3.8, 4) is 5.75 Å². The van der Waals surface area contributed by atoms with Crippen LogP contribution in [0, 0.1) is 5.82 Å². The van der Waals surface area contributed by atoms with E-state index in [1.165, 1.54) is 12.1 Å². The number of hydrogen-bond donors (Lipinski definition) is 2. The van der Waals surface area contributed by atoms with Crippen molar-refractivity contribution in [2.24, 2.45) is 11.5 Å². The van der Waals surface area contributed by atoms with Crippen molar-refractivity contribution >= 4 is 5.91 Å². The Kier molecular flexibility index (Phi) is 4.05. The van der Waals surface area contributed by atoms with Gasteiger partial charge in [-0.05, 0) is 12.1 Å². The molecule has 4 N–H and O–H groups in total. The number of primary amides is 1. The summed E-state index contributed by atoms with van der Waals surface area (Å²) < 4.78 is 18.1. The molecule has 0 fully saturated rings. The molecule has 0 heterocycles. The Morgan fingerprint density at radius 1 is 1.47 bits per heavy atom. The van der Waals surface area contributed by atoms with Gasteiger partial charge in [0.2, 0.25) is 5.91 Å². The highest BCUT2D eigenvalue weighted by Gasteiger charge is 2.09. The number of para-hydroxylation sites is 1. The zero-order chi connectivity index (χ0) is 11.3. The highest BCUT2D eigenvalue weighted by Crippen LogP contribution is 2.15. The quantitative estimate of drug-likeness (QED) is 0.741. The summed E-state index contributed by atoms with van der Waals surface area (Å²) in [5.41, 5.74) is 10.3. The van der Waals surface area contributed by atoms with Crippen LogP contribution >= 0.6 is 0 Å². The molecule has 4 nitrogen and oxygen atoms in total. The topological polar surface area (TPSA) is 78.3 Å². The van der Waals surface area contributed by atoms with E-state index >= 15 is 0 Å². The van der Waals surface area contributed by atoms with Gasteiger partial charge in [-0.1, -0.05) is 12.1 Å². The van der Waals surface area contributed by atoms with Crippen LogP contribution in [0.2, 0.25) is 0 Å². The number of ether oxygens (including phenoxy) is 1. The Morgan fingerprint density at radius 3 is 2.73 bits per heavy atom. The van der Waals surface area contributed by atoms with Gasteiger partial charge in [-0.2, -0.15) is 0 Å². The predicted octanol–water partition coefficient (Wildman–Crippen LogP) is 0.407. The van der Waals surface area contributed by atoms with Crippen LogP contribution in [-0.2, 0) is 4.79 Å². The molecule has 1 rings (SSSR count). The Bertz CT molecular complexity index is 344. The monoisotopic (exact) mass is 212 g/mol. The smallest absolute Gasteiger partial charge is 0.234 e. The van der Waals surface area contributed by atoms with Crippen LogP contribution in [0.25, 0.3) is 0 Å². The molecular formula is C10H13FN2O2. The molecule has 1 amide bonds. The highest BCUT2D eigenvalue weighted by atomic mass is 19.1. The Morgan fingerprint density at radius 2 is 2.13 bits per heavy atom. The van der Waals surface area contributed by atoms with E-state index in [0.29, 0.717) is 0 Å². The molecular weight excluding hydrogens is 199 g/mol. The molecule has 0 aliphatic heterocycles. The summed E-state index contributed by atoms with van der Waals surface area (Å²) in [6.07, 6.45) is 0.268. The molecule has 0 aliphatic carbocycles. The minimum atomic E-state index is -0.753. The normalized spacial score (nSPS) is 12.1. The van der Waals surface area contributed by atoms with Crippen molar-refractivity contribution in [2.75, 3.05) is 6.61 Å². The summed E-state index contributed by atoms with van der Waals surface area (Å²) in [5, 5.41) is 0. The molecule has 0 aliphatic rings. The number of carbonyl (C=O) groups excluding carboxylic acids is 1.